The minimum Gasteiger partial charge on any atom is -0.444 e. The number of para-hydroxylation sites is 1. The van der Waals surface area contributed by atoms with Gasteiger partial charge in [-0.3, -0.25) is 9.59 Å². The minimum atomic E-state index is -0.659. The van der Waals surface area contributed by atoms with Crippen LogP contribution in [-0.4, -0.2) is 30.1 Å². The van der Waals surface area contributed by atoms with Gasteiger partial charge in [-0.05, 0) is 56.2 Å². The Balaban J connectivity index is 1.87. The van der Waals surface area contributed by atoms with Crippen LogP contribution in [0.15, 0.2) is 59.1 Å². The van der Waals surface area contributed by atoms with Crippen LogP contribution in [-0.2, 0) is 20.9 Å². The fourth-order valence-corrected chi connectivity index (χ4v) is 2.70. The van der Waals surface area contributed by atoms with Gasteiger partial charge >= 0.3 is 6.09 Å². The fraction of sp³-hybridized carbons (Fsp3) is 0.261. The highest BCUT2D eigenvalue weighted by Gasteiger charge is 2.16. The second-order valence-corrected chi connectivity index (χ2v) is 8.58. The minimum absolute atomic E-state index is 0.196. The third-order valence-corrected chi connectivity index (χ3v) is 4.37. The molecule has 2 aromatic carbocycles. The van der Waals surface area contributed by atoms with Crippen LogP contribution in [0.5, 0.6) is 0 Å². The zero-order chi connectivity index (χ0) is 22.9. The summed E-state index contributed by atoms with van der Waals surface area (Å²) in [5.41, 5.74) is 1.59. The normalized spacial score (nSPS) is 11.1. The molecule has 3 N–H and O–H groups in total. The average molecular weight is 488 g/mol. The maximum Gasteiger partial charge on any atom is 0.408 e. The largest absolute Gasteiger partial charge is 0.444 e. The van der Waals surface area contributed by atoms with Gasteiger partial charge in [-0.2, -0.15) is 0 Å². The van der Waals surface area contributed by atoms with Crippen molar-refractivity contribution in [1.82, 2.24) is 10.6 Å². The molecule has 0 fully saturated rings. The molecular weight excluding hydrogens is 462 g/mol. The van der Waals surface area contributed by atoms with E-state index in [2.05, 4.69) is 31.9 Å². The van der Waals surface area contributed by atoms with Gasteiger partial charge in [0, 0.05) is 22.8 Å². The summed E-state index contributed by atoms with van der Waals surface area (Å²) in [5, 5.41) is 7.93. The Morgan fingerprint density at radius 3 is 2.35 bits per heavy atom. The van der Waals surface area contributed by atoms with Crippen molar-refractivity contribution in [2.75, 3.05) is 11.9 Å². The number of hydrogen-bond acceptors (Lipinski definition) is 4. The van der Waals surface area contributed by atoms with Gasteiger partial charge in [0.2, 0.25) is 11.8 Å². The van der Waals surface area contributed by atoms with Crippen molar-refractivity contribution in [2.45, 2.75) is 32.9 Å². The number of carbonyl (C=O) groups is 3. The molecule has 8 heteroatoms. The first-order chi connectivity index (χ1) is 14.6. The number of carbonyl (C=O) groups excluding carboxylic acids is 3. The average Bonchev–Trinajstić information content (AvgIpc) is 2.70. The molecule has 0 bridgehead atoms. The predicted molar refractivity (Wildman–Crippen MR) is 124 cm³/mol. The topological polar surface area (TPSA) is 96.5 Å². The Morgan fingerprint density at radius 2 is 1.68 bits per heavy atom. The van der Waals surface area contributed by atoms with E-state index < -0.39 is 11.7 Å². The zero-order valence-electron chi connectivity index (χ0n) is 17.7. The molecule has 164 valence electrons. The summed E-state index contributed by atoms with van der Waals surface area (Å²) in [6, 6.07) is 14.7. The number of hydrogen-bond donors (Lipinski definition) is 3. The quantitative estimate of drug-likeness (QED) is 0.508. The highest BCUT2D eigenvalue weighted by molar-refractivity contribution is 9.10. The summed E-state index contributed by atoms with van der Waals surface area (Å²) in [4.78, 5) is 35.9. The molecule has 2 aromatic rings. The van der Waals surface area contributed by atoms with Crippen molar-refractivity contribution in [3.63, 3.8) is 0 Å². The summed E-state index contributed by atoms with van der Waals surface area (Å²) >= 11 is 3.37. The van der Waals surface area contributed by atoms with E-state index in [0.29, 0.717) is 5.69 Å². The zero-order valence-corrected chi connectivity index (χ0v) is 19.3. The molecule has 0 heterocycles. The fourth-order valence-electron chi connectivity index (χ4n) is 2.44. The van der Waals surface area contributed by atoms with Gasteiger partial charge in [-0.25, -0.2) is 4.79 Å². The Bertz CT molecular complexity index is 950. The lowest BCUT2D eigenvalue weighted by molar-refractivity contribution is -0.120. The highest BCUT2D eigenvalue weighted by Crippen LogP contribution is 2.15. The van der Waals surface area contributed by atoms with Gasteiger partial charge in [-0.15, -0.1) is 0 Å². The van der Waals surface area contributed by atoms with Crippen LogP contribution >= 0.6 is 15.9 Å². The van der Waals surface area contributed by atoms with E-state index in [1.54, 1.807) is 45.0 Å². The lowest BCUT2D eigenvalue weighted by Gasteiger charge is -2.19. The second-order valence-electron chi connectivity index (χ2n) is 7.66. The van der Waals surface area contributed by atoms with Crippen molar-refractivity contribution in [1.29, 1.82) is 0 Å². The Kier molecular flexibility index (Phi) is 8.81. The van der Waals surface area contributed by atoms with Crippen LogP contribution in [0.3, 0.4) is 0 Å². The lowest BCUT2D eigenvalue weighted by atomic mass is 10.1. The van der Waals surface area contributed by atoms with E-state index in [9.17, 15) is 14.4 Å². The molecule has 0 unspecified atom stereocenters. The summed E-state index contributed by atoms with van der Waals surface area (Å²) < 4.78 is 6.05. The summed E-state index contributed by atoms with van der Waals surface area (Å²) in [5.74, 6) is -0.657. The Morgan fingerprint density at radius 1 is 1.00 bits per heavy atom. The van der Waals surface area contributed by atoms with Crippen LogP contribution < -0.4 is 16.0 Å². The number of halogens is 1. The number of alkyl carbamates (subject to hydrolysis) is 1. The van der Waals surface area contributed by atoms with Crippen LogP contribution in [0.1, 0.15) is 31.9 Å². The van der Waals surface area contributed by atoms with Crippen molar-refractivity contribution < 1.29 is 19.1 Å². The highest BCUT2D eigenvalue weighted by atomic mass is 79.9. The van der Waals surface area contributed by atoms with Crippen LogP contribution in [0, 0.1) is 0 Å². The summed E-state index contributed by atoms with van der Waals surface area (Å²) in [7, 11) is 0. The number of benzene rings is 2. The van der Waals surface area contributed by atoms with Gasteiger partial charge in [0.05, 0.1) is 0 Å². The van der Waals surface area contributed by atoms with Crippen LogP contribution in [0.4, 0.5) is 10.5 Å². The van der Waals surface area contributed by atoms with Gasteiger partial charge in [-0.1, -0.05) is 46.3 Å². The maximum atomic E-state index is 12.3. The number of anilines is 1. The van der Waals surface area contributed by atoms with Crippen molar-refractivity contribution >= 4 is 45.6 Å². The van der Waals surface area contributed by atoms with Crippen LogP contribution in [0.2, 0.25) is 0 Å². The van der Waals surface area contributed by atoms with E-state index in [1.165, 1.54) is 6.08 Å². The molecule has 7 nitrogen and oxygen atoms in total. The first-order valence-corrected chi connectivity index (χ1v) is 10.5. The molecule has 0 radical (unpaired) electrons. The third kappa shape index (κ3) is 9.48. The molecule has 0 saturated carbocycles. The first kappa shape index (κ1) is 24.1. The van der Waals surface area contributed by atoms with Crippen LogP contribution in [0.25, 0.3) is 6.08 Å². The van der Waals surface area contributed by atoms with E-state index in [4.69, 9.17) is 4.74 Å². The first-order valence-electron chi connectivity index (χ1n) is 9.68. The second kappa shape index (κ2) is 11.3. The molecule has 0 aliphatic heterocycles. The standard InChI is InChI=1S/C23H26BrN3O4/c1-23(2,3)31-22(30)26-15-21(29)25-14-17-6-4-5-7-19(17)27-20(28)13-10-16-8-11-18(24)12-9-16/h4-13H,14-15H2,1-3H3,(H,25,29)(H,26,30)(H,27,28)/b13-10+. The summed E-state index contributed by atoms with van der Waals surface area (Å²) in [6.45, 7) is 5.21. The van der Waals surface area contributed by atoms with E-state index in [0.717, 1.165) is 15.6 Å². The SMILES string of the molecule is CC(C)(C)OC(=O)NCC(=O)NCc1ccccc1NC(=O)/C=C/c1ccc(Br)cc1. The number of ether oxygens (including phenoxy) is 1. The summed E-state index contributed by atoms with van der Waals surface area (Å²) in [6.07, 6.45) is 2.51. The van der Waals surface area contributed by atoms with E-state index in [1.807, 2.05) is 30.3 Å². The van der Waals surface area contributed by atoms with Gasteiger partial charge < -0.3 is 20.7 Å². The third-order valence-electron chi connectivity index (χ3n) is 3.84. The molecule has 0 saturated heterocycles. The van der Waals surface area contributed by atoms with Crippen molar-refractivity contribution in [3.8, 4) is 0 Å². The van der Waals surface area contributed by atoms with Crippen molar-refractivity contribution in [2.24, 2.45) is 0 Å². The van der Waals surface area contributed by atoms with Crippen molar-refractivity contribution in [3.05, 3.63) is 70.2 Å². The van der Waals surface area contributed by atoms with Gasteiger partial charge in [0.25, 0.3) is 0 Å². The Labute approximate surface area is 190 Å². The molecule has 31 heavy (non-hydrogen) atoms. The molecule has 3 amide bonds. The van der Waals surface area contributed by atoms with Gasteiger partial charge in [0.15, 0.2) is 0 Å². The predicted octanol–water partition coefficient (Wildman–Crippen LogP) is 4.24. The molecule has 0 aliphatic rings. The van der Waals surface area contributed by atoms with Gasteiger partial charge in [0.1, 0.15) is 12.1 Å². The molecular formula is C23H26BrN3O4. The Hall–Kier alpha value is -3.13. The number of nitrogens with one attached hydrogen (secondary N) is 3. The molecule has 0 aliphatic carbocycles. The molecule has 2 rings (SSSR count). The molecule has 0 aromatic heterocycles. The lowest BCUT2D eigenvalue weighted by Crippen LogP contribution is -2.39. The monoisotopic (exact) mass is 487 g/mol. The molecule has 0 atom stereocenters. The number of amides is 3. The maximum absolute atomic E-state index is 12.3. The van der Waals surface area contributed by atoms with E-state index >= 15 is 0 Å². The number of rotatable bonds is 7. The smallest absolute Gasteiger partial charge is 0.408 e. The molecule has 0 spiro atoms. The van der Waals surface area contributed by atoms with E-state index in [-0.39, 0.29) is 24.9 Å².